The van der Waals surface area contributed by atoms with E-state index < -0.39 is 0 Å². The molecule has 0 aliphatic heterocycles. The van der Waals surface area contributed by atoms with Gasteiger partial charge in [0.2, 0.25) is 11.6 Å². The molecule has 1 amide bonds. The van der Waals surface area contributed by atoms with Gasteiger partial charge in [0, 0.05) is 32.6 Å². The van der Waals surface area contributed by atoms with Crippen LogP contribution in [0.1, 0.15) is 12.8 Å². The third kappa shape index (κ3) is 3.86. The van der Waals surface area contributed by atoms with Gasteiger partial charge in [-0.05, 0) is 48.2 Å². The van der Waals surface area contributed by atoms with E-state index in [2.05, 4.69) is 30.3 Å². The Kier molecular flexibility index (Phi) is 5.39. The van der Waals surface area contributed by atoms with Crippen LogP contribution < -0.4 is 5.32 Å². The fraction of sp³-hybridized carbons (Fsp3) is 0.136. The molecule has 1 saturated carbocycles. The zero-order valence-electron chi connectivity index (χ0n) is 16.4. The molecule has 1 aromatic carbocycles. The largest absolute Gasteiger partial charge is 0.310 e. The minimum atomic E-state index is -0.0257. The molecule has 0 unspecified atom stereocenters. The summed E-state index contributed by atoms with van der Waals surface area (Å²) in [7, 11) is 0. The number of H-pyrrole nitrogens is 1. The van der Waals surface area contributed by atoms with Crippen molar-refractivity contribution in [2.24, 2.45) is 5.92 Å². The average molecular weight is 481 g/mol. The number of nitrogens with one attached hydrogen (secondary N) is 2. The molecule has 10 heteroatoms. The Morgan fingerprint density at radius 1 is 1.19 bits per heavy atom. The first-order valence-corrected chi connectivity index (χ1v) is 11.2. The highest BCUT2D eigenvalue weighted by molar-refractivity contribution is 7.20. The third-order valence-electron chi connectivity index (χ3n) is 5.05. The molecule has 2 N–H and O–H groups in total. The maximum atomic E-state index is 12.2. The van der Waals surface area contributed by atoms with Gasteiger partial charge in [0.15, 0.2) is 5.82 Å². The van der Waals surface area contributed by atoms with Crippen LogP contribution in [0.5, 0.6) is 0 Å². The van der Waals surface area contributed by atoms with Crippen LogP contribution in [-0.4, -0.2) is 26.1 Å². The third-order valence-corrected chi connectivity index (χ3v) is 6.83. The van der Waals surface area contributed by atoms with Crippen LogP contribution in [0.15, 0.2) is 42.9 Å². The van der Waals surface area contributed by atoms with Crippen molar-refractivity contribution in [2.45, 2.75) is 12.8 Å². The monoisotopic (exact) mass is 480 g/mol. The van der Waals surface area contributed by atoms with E-state index in [-0.39, 0.29) is 11.8 Å². The van der Waals surface area contributed by atoms with E-state index in [1.165, 1.54) is 17.7 Å². The number of thiophene rings is 1. The lowest BCUT2D eigenvalue weighted by atomic mass is 10.0. The average Bonchev–Trinajstić information content (AvgIpc) is 3.36. The van der Waals surface area contributed by atoms with Crippen LogP contribution in [0, 0.1) is 12.5 Å². The Bertz CT molecular complexity index is 1370. The summed E-state index contributed by atoms with van der Waals surface area (Å²) in [6.07, 6.45) is 4.85. The molecule has 3 aromatic heterocycles. The summed E-state index contributed by atoms with van der Waals surface area (Å²) in [6.45, 7) is 7.94. The predicted octanol–water partition coefficient (Wildman–Crippen LogP) is 6.47. The number of hydrogen-bond acceptors (Lipinski definition) is 5. The second-order valence-corrected chi connectivity index (χ2v) is 9.11. The molecule has 0 saturated heterocycles. The molecular weight excluding hydrogens is 467 g/mol. The number of benzene rings is 1. The van der Waals surface area contributed by atoms with Crippen LogP contribution in [0.3, 0.4) is 0 Å². The standard InChI is InChI=1S/C22H14Cl2N6OS/c1-25-18-17(14-5-4-13(23)9-15(14)24)20(21-27-10-28-30-21)32-19(18)12-6-7-26-16(8-12)29-22(31)11-2-3-11/h4-11H,2-3H2,(H,26,29,31)(H,27,28,30). The van der Waals surface area contributed by atoms with Gasteiger partial charge in [-0.25, -0.2) is 14.8 Å². The smallest absolute Gasteiger partial charge is 0.228 e. The number of carbonyl (C=O) groups excluding carboxylic acids is 1. The highest BCUT2D eigenvalue weighted by Gasteiger charge is 2.30. The van der Waals surface area contributed by atoms with E-state index in [1.807, 2.05) is 6.07 Å². The van der Waals surface area contributed by atoms with Gasteiger partial charge < -0.3 is 5.32 Å². The number of aromatic amines is 1. The van der Waals surface area contributed by atoms with E-state index in [9.17, 15) is 4.79 Å². The molecule has 1 fully saturated rings. The second-order valence-electron chi connectivity index (χ2n) is 7.25. The topological polar surface area (TPSA) is 87.9 Å². The quantitative estimate of drug-likeness (QED) is 0.320. The normalized spacial score (nSPS) is 13.0. The fourth-order valence-corrected chi connectivity index (χ4v) is 5.06. The molecule has 158 valence electrons. The van der Waals surface area contributed by atoms with Crippen molar-refractivity contribution in [3.8, 4) is 32.3 Å². The molecular formula is C22H14Cl2N6OS. The lowest BCUT2D eigenvalue weighted by molar-refractivity contribution is -0.117. The summed E-state index contributed by atoms with van der Waals surface area (Å²) >= 11 is 14.0. The summed E-state index contributed by atoms with van der Waals surface area (Å²) in [5.74, 6) is 1.03. The number of pyridine rings is 1. The first-order valence-electron chi connectivity index (χ1n) is 9.68. The molecule has 1 aliphatic rings. The van der Waals surface area contributed by atoms with E-state index in [4.69, 9.17) is 29.8 Å². The van der Waals surface area contributed by atoms with Crippen LogP contribution in [0.25, 0.3) is 37.1 Å². The van der Waals surface area contributed by atoms with Gasteiger partial charge in [0.25, 0.3) is 0 Å². The van der Waals surface area contributed by atoms with Gasteiger partial charge in [-0.3, -0.25) is 9.89 Å². The number of rotatable bonds is 5. The van der Waals surface area contributed by atoms with Crippen molar-refractivity contribution in [1.29, 1.82) is 0 Å². The zero-order chi connectivity index (χ0) is 22.2. The van der Waals surface area contributed by atoms with Crippen molar-refractivity contribution < 1.29 is 4.79 Å². The Labute approximate surface area is 197 Å². The van der Waals surface area contributed by atoms with Crippen molar-refractivity contribution in [2.75, 3.05) is 5.32 Å². The van der Waals surface area contributed by atoms with E-state index in [0.717, 1.165) is 28.2 Å². The minimum absolute atomic E-state index is 0.0257. The number of anilines is 1. The highest BCUT2D eigenvalue weighted by atomic mass is 35.5. The number of amides is 1. The van der Waals surface area contributed by atoms with E-state index in [0.29, 0.717) is 38.5 Å². The van der Waals surface area contributed by atoms with Crippen LogP contribution in [0.2, 0.25) is 10.0 Å². The number of hydrogen-bond donors (Lipinski definition) is 2. The van der Waals surface area contributed by atoms with Gasteiger partial charge in [0.05, 0.1) is 11.4 Å². The van der Waals surface area contributed by atoms with Crippen molar-refractivity contribution >= 4 is 52.0 Å². The molecule has 5 rings (SSSR count). The Hall–Kier alpha value is -3.25. The van der Waals surface area contributed by atoms with Crippen molar-refractivity contribution in [3.05, 3.63) is 64.3 Å². The number of nitrogens with zero attached hydrogens (tertiary/aromatic N) is 4. The maximum Gasteiger partial charge on any atom is 0.228 e. The fourth-order valence-electron chi connectivity index (χ4n) is 3.36. The SMILES string of the molecule is [C-]#[N+]c1c(-c2ccnc(NC(=O)C3CC3)c2)sc(-c2ncn[nH]2)c1-c1ccc(Cl)cc1Cl. The van der Waals surface area contributed by atoms with Gasteiger partial charge in [-0.2, -0.15) is 5.10 Å². The Morgan fingerprint density at radius 2 is 2.03 bits per heavy atom. The first kappa shape index (κ1) is 20.6. The van der Waals surface area contributed by atoms with Crippen LogP contribution in [-0.2, 0) is 4.79 Å². The summed E-state index contributed by atoms with van der Waals surface area (Å²) in [6, 6.07) is 8.75. The molecule has 0 bridgehead atoms. The van der Waals surface area contributed by atoms with Crippen molar-refractivity contribution in [3.63, 3.8) is 0 Å². The summed E-state index contributed by atoms with van der Waals surface area (Å²) in [4.78, 5) is 26.0. The Balaban J connectivity index is 1.67. The van der Waals surface area contributed by atoms with Crippen molar-refractivity contribution in [1.82, 2.24) is 20.2 Å². The predicted molar refractivity (Wildman–Crippen MR) is 126 cm³/mol. The molecule has 3 heterocycles. The molecule has 0 spiro atoms. The number of halogens is 2. The maximum absolute atomic E-state index is 12.2. The number of carbonyl (C=O) groups is 1. The lowest BCUT2D eigenvalue weighted by Gasteiger charge is -2.07. The summed E-state index contributed by atoms with van der Waals surface area (Å²) in [5, 5.41) is 10.6. The Morgan fingerprint density at radius 3 is 2.72 bits per heavy atom. The molecule has 1 aliphatic carbocycles. The van der Waals surface area contributed by atoms with Crippen LogP contribution >= 0.6 is 34.5 Å². The van der Waals surface area contributed by atoms with E-state index in [1.54, 1.807) is 30.5 Å². The highest BCUT2D eigenvalue weighted by Crippen LogP contribution is 2.53. The minimum Gasteiger partial charge on any atom is -0.310 e. The van der Waals surface area contributed by atoms with Gasteiger partial charge in [-0.1, -0.05) is 29.3 Å². The zero-order valence-corrected chi connectivity index (χ0v) is 18.7. The second kappa shape index (κ2) is 8.36. The summed E-state index contributed by atoms with van der Waals surface area (Å²) < 4.78 is 0. The first-order chi connectivity index (χ1) is 15.5. The van der Waals surface area contributed by atoms with Crippen LogP contribution in [0.4, 0.5) is 11.5 Å². The number of aromatic nitrogens is 4. The lowest BCUT2D eigenvalue weighted by Crippen LogP contribution is -2.14. The van der Waals surface area contributed by atoms with E-state index >= 15 is 0 Å². The molecule has 32 heavy (non-hydrogen) atoms. The molecule has 4 aromatic rings. The summed E-state index contributed by atoms with van der Waals surface area (Å²) in [5.41, 5.74) is 2.52. The molecule has 0 atom stereocenters. The van der Waals surface area contributed by atoms with Gasteiger partial charge >= 0.3 is 0 Å². The molecule has 0 radical (unpaired) electrons. The molecule has 7 nitrogen and oxygen atoms in total. The van der Waals surface area contributed by atoms with Gasteiger partial charge in [0.1, 0.15) is 12.1 Å². The van der Waals surface area contributed by atoms with Gasteiger partial charge in [-0.15, -0.1) is 11.3 Å².